The molecule has 0 radical (unpaired) electrons. The van der Waals surface area contributed by atoms with Gasteiger partial charge >= 0.3 is 6.18 Å². The SMILES string of the molecule is CC1(C)OCC(Cc2ccc(C(F)(F)F)cc2)CO1. The van der Waals surface area contributed by atoms with E-state index in [1.165, 1.54) is 12.1 Å². The fourth-order valence-electron chi connectivity index (χ4n) is 2.01. The number of ether oxygens (including phenoxy) is 2. The van der Waals surface area contributed by atoms with Crippen molar-refractivity contribution in [3.05, 3.63) is 35.4 Å². The van der Waals surface area contributed by atoms with Gasteiger partial charge in [-0.05, 0) is 38.0 Å². The molecule has 1 aliphatic rings. The van der Waals surface area contributed by atoms with E-state index in [0.29, 0.717) is 19.6 Å². The van der Waals surface area contributed by atoms with Crippen molar-refractivity contribution in [3.8, 4) is 0 Å². The van der Waals surface area contributed by atoms with Crippen LogP contribution in [0.2, 0.25) is 0 Å². The van der Waals surface area contributed by atoms with Gasteiger partial charge in [-0.1, -0.05) is 12.1 Å². The van der Waals surface area contributed by atoms with Gasteiger partial charge in [0.15, 0.2) is 5.79 Å². The zero-order valence-electron chi connectivity index (χ0n) is 11.0. The van der Waals surface area contributed by atoms with Crippen molar-refractivity contribution in [2.45, 2.75) is 32.2 Å². The quantitative estimate of drug-likeness (QED) is 0.819. The highest BCUT2D eigenvalue weighted by atomic mass is 19.4. The second-order valence-electron chi connectivity index (χ2n) is 5.29. The monoisotopic (exact) mass is 274 g/mol. The smallest absolute Gasteiger partial charge is 0.350 e. The molecule has 1 aromatic carbocycles. The fraction of sp³-hybridized carbons (Fsp3) is 0.571. The number of halogens is 3. The predicted octanol–water partition coefficient (Wildman–Crippen LogP) is 3.65. The summed E-state index contributed by atoms with van der Waals surface area (Å²) < 4.78 is 48.3. The summed E-state index contributed by atoms with van der Waals surface area (Å²) in [6.07, 6.45) is -3.62. The van der Waals surface area contributed by atoms with Crippen molar-refractivity contribution in [2.75, 3.05) is 13.2 Å². The Hall–Kier alpha value is -1.07. The molecular weight excluding hydrogens is 257 g/mol. The third-order valence-corrected chi connectivity index (χ3v) is 3.14. The van der Waals surface area contributed by atoms with Crippen LogP contribution in [0.25, 0.3) is 0 Å². The van der Waals surface area contributed by atoms with E-state index < -0.39 is 17.5 Å². The minimum atomic E-state index is -4.28. The minimum absolute atomic E-state index is 0.185. The van der Waals surface area contributed by atoms with Crippen LogP contribution in [-0.4, -0.2) is 19.0 Å². The molecule has 1 saturated heterocycles. The lowest BCUT2D eigenvalue weighted by molar-refractivity contribution is -0.261. The highest BCUT2D eigenvalue weighted by Gasteiger charge is 2.31. The summed E-state index contributed by atoms with van der Waals surface area (Å²) in [5.74, 6) is -0.374. The van der Waals surface area contributed by atoms with Crippen LogP contribution in [-0.2, 0) is 22.1 Å². The molecule has 0 N–H and O–H groups in total. The van der Waals surface area contributed by atoms with Gasteiger partial charge in [-0.2, -0.15) is 13.2 Å². The van der Waals surface area contributed by atoms with Gasteiger partial charge in [-0.25, -0.2) is 0 Å². The first-order valence-corrected chi connectivity index (χ1v) is 6.20. The molecule has 0 saturated carbocycles. The second kappa shape index (κ2) is 5.13. The third kappa shape index (κ3) is 3.94. The summed E-state index contributed by atoms with van der Waals surface area (Å²) in [5, 5.41) is 0. The Morgan fingerprint density at radius 3 is 2.11 bits per heavy atom. The van der Waals surface area contributed by atoms with Crippen LogP contribution in [0.15, 0.2) is 24.3 Å². The normalized spacial score (nSPS) is 20.5. The summed E-state index contributed by atoms with van der Waals surface area (Å²) in [7, 11) is 0. The van der Waals surface area contributed by atoms with E-state index in [9.17, 15) is 13.2 Å². The van der Waals surface area contributed by atoms with Crippen LogP contribution in [0.3, 0.4) is 0 Å². The lowest BCUT2D eigenvalue weighted by atomic mass is 9.99. The fourth-order valence-corrected chi connectivity index (χ4v) is 2.01. The average molecular weight is 274 g/mol. The number of rotatable bonds is 2. The molecule has 1 aromatic rings. The number of benzene rings is 1. The van der Waals surface area contributed by atoms with Crippen LogP contribution in [0.5, 0.6) is 0 Å². The van der Waals surface area contributed by atoms with Crippen molar-refractivity contribution in [2.24, 2.45) is 5.92 Å². The lowest BCUT2D eigenvalue weighted by Crippen LogP contribution is -2.39. The first-order valence-electron chi connectivity index (χ1n) is 6.20. The van der Waals surface area contributed by atoms with Crippen LogP contribution < -0.4 is 0 Å². The predicted molar refractivity (Wildman–Crippen MR) is 64.6 cm³/mol. The van der Waals surface area contributed by atoms with Gasteiger partial charge in [-0.3, -0.25) is 0 Å². The molecule has 0 unspecified atom stereocenters. The van der Waals surface area contributed by atoms with Crippen LogP contribution in [0.1, 0.15) is 25.0 Å². The molecule has 1 heterocycles. The van der Waals surface area contributed by atoms with Gasteiger partial charge in [0.05, 0.1) is 18.8 Å². The highest BCUT2D eigenvalue weighted by Crippen LogP contribution is 2.30. The Balaban J connectivity index is 1.94. The van der Waals surface area contributed by atoms with E-state index in [4.69, 9.17) is 9.47 Å². The molecule has 0 spiro atoms. The van der Waals surface area contributed by atoms with Gasteiger partial charge in [0.25, 0.3) is 0 Å². The van der Waals surface area contributed by atoms with E-state index in [-0.39, 0.29) is 5.92 Å². The van der Waals surface area contributed by atoms with E-state index in [1.54, 1.807) is 0 Å². The molecule has 106 valence electrons. The zero-order chi connectivity index (χ0) is 14.1. The second-order valence-corrected chi connectivity index (χ2v) is 5.29. The van der Waals surface area contributed by atoms with Gasteiger partial charge < -0.3 is 9.47 Å². The maximum Gasteiger partial charge on any atom is 0.416 e. The Labute approximate surface area is 110 Å². The van der Waals surface area contributed by atoms with Crippen LogP contribution >= 0.6 is 0 Å². The van der Waals surface area contributed by atoms with Crippen LogP contribution in [0.4, 0.5) is 13.2 Å². The summed E-state index contributed by atoms with van der Waals surface area (Å²) in [6, 6.07) is 5.26. The molecule has 1 aliphatic heterocycles. The van der Waals surface area contributed by atoms with E-state index in [0.717, 1.165) is 17.7 Å². The summed E-state index contributed by atoms with van der Waals surface area (Å²) in [6.45, 7) is 4.82. The minimum Gasteiger partial charge on any atom is -0.350 e. The van der Waals surface area contributed by atoms with Gasteiger partial charge in [0.2, 0.25) is 0 Å². The van der Waals surface area contributed by atoms with E-state index in [1.807, 2.05) is 13.8 Å². The van der Waals surface area contributed by atoms with Crippen molar-refractivity contribution < 1.29 is 22.6 Å². The van der Waals surface area contributed by atoms with Crippen molar-refractivity contribution in [1.29, 1.82) is 0 Å². The lowest BCUT2D eigenvalue weighted by Gasteiger charge is -2.35. The standard InChI is InChI=1S/C14H17F3O2/c1-13(2)18-8-11(9-19-13)7-10-3-5-12(6-4-10)14(15,16)17/h3-6,11H,7-9H2,1-2H3. The maximum atomic E-state index is 12.4. The number of hydrogen-bond acceptors (Lipinski definition) is 2. The molecule has 5 heteroatoms. The molecule has 2 rings (SSSR count). The number of alkyl halides is 3. The van der Waals surface area contributed by atoms with Crippen molar-refractivity contribution >= 4 is 0 Å². The van der Waals surface area contributed by atoms with Crippen molar-refractivity contribution in [3.63, 3.8) is 0 Å². The molecule has 0 bridgehead atoms. The number of hydrogen-bond donors (Lipinski definition) is 0. The summed E-state index contributed by atoms with van der Waals surface area (Å²) >= 11 is 0. The van der Waals surface area contributed by atoms with Crippen molar-refractivity contribution in [1.82, 2.24) is 0 Å². The summed E-state index contributed by atoms with van der Waals surface area (Å²) in [5.41, 5.74) is 0.249. The molecule has 0 aliphatic carbocycles. The molecule has 0 atom stereocenters. The first-order chi connectivity index (χ1) is 8.76. The van der Waals surface area contributed by atoms with Crippen LogP contribution in [0, 0.1) is 5.92 Å². The topological polar surface area (TPSA) is 18.5 Å². The summed E-state index contributed by atoms with van der Waals surface area (Å²) in [4.78, 5) is 0. The first kappa shape index (κ1) is 14.3. The average Bonchev–Trinajstić information content (AvgIpc) is 2.31. The Morgan fingerprint density at radius 1 is 1.11 bits per heavy atom. The van der Waals surface area contributed by atoms with Gasteiger partial charge in [0.1, 0.15) is 0 Å². The Kier molecular flexibility index (Phi) is 3.87. The molecule has 0 aromatic heterocycles. The molecule has 1 fully saturated rings. The molecule has 19 heavy (non-hydrogen) atoms. The third-order valence-electron chi connectivity index (χ3n) is 3.14. The van der Waals surface area contributed by atoms with Gasteiger partial charge in [-0.15, -0.1) is 0 Å². The highest BCUT2D eigenvalue weighted by molar-refractivity contribution is 5.25. The Morgan fingerprint density at radius 2 is 1.63 bits per heavy atom. The largest absolute Gasteiger partial charge is 0.416 e. The van der Waals surface area contributed by atoms with Gasteiger partial charge in [0, 0.05) is 5.92 Å². The maximum absolute atomic E-state index is 12.4. The molecule has 2 nitrogen and oxygen atoms in total. The molecular formula is C14H17F3O2. The Bertz CT molecular complexity index is 413. The van der Waals surface area contributed by atoms with E-state index >= 15 is 0 Å². The van der Waals surface area contributed by atoms with E-state index in [2.05, 4.69) is 0 Å². The zero-order valence-corrected chi connectivity index (χ0v) is 11.0. The molecule has 0 amide bonds.